The lowest BCUT2D eigenvalue weighted by molar-refractivity contribution is -0.104. The first kappa shape index (κ1) is 10.8. The Morgan fingerprint density at radius 3 is 2.35 bits per heavy atom. The molecule has 4 aliphatic rings. The molecular weight excluding hydrogens is 208 g/mol. The fourth-order valence-electron chi connectivity index (χ4n) is 6.26. The van der Waals surface area contributed by atoms with Crippen molar-refractivity contribution in [2.24, 2.45) is 41.1 Å². The van der Waals surface area contributed by atoms with Crippen molar-refractivity contribution in [1.82, 2.24) is 0 Å². The molecule has 4 rings (SSSR count). The van der Waals surface area contributed by atoms with E-state index in [4.69, 9.17) is 11.5 Å². The molecule has 0 spiro atoms. The number of hydrogen-bond acceptors (Lipinski definition) is 2. The van der Waals surface area contributed by atoms with Crippen LogP contribution in [0.25, 0.3) is 0 Å². The van der Waals surface area contributed by atoms with E-state index in [1.807, 2.05) is 0 Å². The molecule has 2 nitrogen and oxygen atoms in total. The van der Waals surface area contributed by atoms with Gasteiger partial charge in [0.05, 0.1) is 0 Å². The third kappa shape index (κ3) is 1.40. The Labute approximate surface area is 105 Å². The van der Waals surface area contributed by atoms with Crippen molar-refractivity contribution in [1.29, 1.82) is 0 Å². The molecule has 96 valence electrons. The molecule has 0 radical (unpaired) electrons. The normalized spacial score (nSPS) is 64.8. The van der Waals surface area contributed by atoms with Crippen LogP contribution in [-0.4, -0.2) is 11.1 Å². The highest BCUT2D eigenvalue weighted by atomic mass is 14.8. The van der Waals surface area contributed by atoms with Gasteiger partial charge < -0.3 is 11.5 Å². The highest BCUT2D eigenvalue weighted by Gasteiger charge is 2.58. The predicted octanol–water partition coefficient (Wildman–Crippen LogP) is 2.27. The molecule has 7 unspecified atom stereocenters. The molecule has 0 aromatic rings. The summed E-state index contributed by atoms with van der Waals surface area (Å²) in [4.78, 5) is 0. The number of rotatable bonds is 0. The second-order valence-corrected chi connectivity index (χ2v) is 8.01. The zero-order chi connectivity index (χ0) is 11.8. The number of fused-ring (bicyclic) bond motifs is 2. The van der Waals surface area contributed by atoms with Crippen LogP contribution in [0.15, 0.2) is 0 Å². The Kier molecular flexibility index (Phi) is 1.96. The summed E-state index contributed by atoms with van der Waals surface area (Å²) in [6, 6.07) is 0. The summed E-state index contributed by atoms with van der Waals surface area (Å²) in [5.74, 6) is 4.44. The summed E-state index contributed by atoms with van der Waals surface area (Å²) in [5, 5.41) is 0. The fourth-order valence-corrected chi connectivity index (χ4v) is 6.26. The van der Waals surface area contributed by atoms with E-state index in [0.29, 0.717) is 0 Å². The van der Waals surface area contributed by atoms with Gasteiger partial charge in [-0.05, 0) is 74.5 Å². The number of hydrogen-bond donors (Lipinski definition) is 2. The highest BCUT2D eigenvalue weighted by molar-refractivity contribution is 5.13. The maximum absolute atomic E-state index is 6.68. The van der Waals surface area contributed by atoms with Crippen molar-refractivity contribution in [2.45, 2.75) is 62.9 Å². The second kappa shape index (κ2) is 3.08. The lowest BCUT2D eigenvalue weighted by Gasteiger charge is -2.64. The van der Waals surface area contributed by atoms with Crippen LogP contribution in [0.5, 0.6) is 0 Å². The van der Waals surface area contributed by atoms with E-state index < -0.39 is 0 Å². The average Bonchev–Trinajstić information content (AvgIpc) is 2.25. The van der Waals surface area contributed by atoms with Crippen LogP contribution in [0, 0.1) is 29.6 Å². The standard InChI is InChI=1S/C15H26N2/c1-9-4-15(17)5-10-2-3-14(16)6-11(9)13(8-15)12(10)7-14/h9-13H,2-8,16-17H2,1H3. The van der Waals surface area contributed by atoms with Crippen molar-refractivity contribution in [3.8, 4) is 0 Å². The SMILES string of the molecule is CC1CC2(N)CC3CCC4(N)CC1C(C2)C3C4. The van der Waals surface area contributed by atoms with Crippen molar-refractivity contribution in [3.05, 3.63) is 0 Å². The summed E-state index contributed by atoms with van der Waals surface area (Å²) in [7, 11) is 0. The van der Waals surface area contributed by atoms with Gasteiger partial charge in [0.1, 0.15) is 0 Å². The Balaban J connectivity index is 1.76. The van der Waals surface area contributed by atoms with E-state index >= 15 is 0 Å². The first-order valence-electron chi connectivity index (χ1n) is 7.56. The van der Waals surface area contributed by atoms with Crippen LogP contribution in [0.4, 0.5) is 0 Å². The second-order valence-electron chi connectivity index (χ2n) is 8.01. The fraction of sp³-hybridized carbons (Fsp3) is 1.00. The summed E-state index contributed by atoms with van der Waals surface area (Å²) in [6.07, 6.45) is 9.08. The molecule has 7 atom stereocenters. The van der Waals surface area contributed by atoms with Crippen LogP contribution in [0.2, 0.25) is 0 Å². The number of nitrogens with two attached hydrogens (primary N) is 2. The third-order valence-electron chi connectivity index (χ3n) is 6.77. The van der Waals surface area contributed by atoms with Crippen LogP contribution in [0.3, 0.4) is 0 Å². The van der Waals surface area contributed by atoms with E-state index in [1.165, 1.54) is 44.9 Å². The molecule has 4 aliphatic carbocycles. The van der Waals surface area contributed by atoms with Crippen molar-refractivity contribution in [3.63, 3.8) is 0 Å². The molecule has 0 saturated heterocycles. The molecule has 4 bridgehead atoms. The molecule has 0 heterocycles. The lowest BCUT2D eigenvalue weighted by Crippen LogP contribution is -2.65. The Morgan fingerprint density at radius 2 is 1.53 bits per heavy atom. The molecule has 0 aliphatic heterocycles. The van der Waals surface area contributed by atoms with Gasteiger partial charge in [0.25, 0.3) is 0 Å². The Hall–Kier alpha value is -0.0800. The minimum Gasteiger partial charge on any atom is -0.325 e. The zero-order valence-electron chi connectivity index (χ0n) is 11.0. The minimum atomic E-state index is 0.188. The first-order chi connectivity index (χ1) is 7.98. The Morgan fingerprint density at radius 1 is 0.824 bits per heavy atom. The maximum Gasteiger partial charge on any atom is 0.0162 e. The van der Waals surface area contributed by atoms with Crippen molar-refractivity contribution in [2.75, 3.05) is 0 Å². The molecule has 2 heteroatoms. The van der Waals surface area contributed by atoms with E-state index in [2.05, 4.69) is 6.92 Å². The smallest absolute Gasteiger partial charge is 0.0162 e. The van der Waals surface area contributed by atoms with Crippen LogP contribution in [-0.2, 0) is 0 Å². The molecule has 0 aromatic carbocycles. The largest absolute Gasteiger partial charge is 0.325 e. The Bertz CT molecular complexity index is 349. The monoisotopic (exact) mass is 234 g/mol. The summed E-state index contributed by atoms with van der Waals surface area (Å²) < 4.78 is 0. The average molecular weight is 234 g/mol. The first-order valence-corrected chi connectivity index (χ1v) is 7.56. The third-order valence-corrected chi connectivity index (χ3v) is 6.77. The molecule has 4 fully saturated rings. The topological polar surface area (TPSA) is 52.0 Å². The van der Waals surface area contributed by atoms with Gasteiger partial charge in [-0.3, -0.25) is 0 Å². The summed E-state index contributed by atoms with van der Waals surface area (Å²) in [5.41, 5.74) is 13.7. The van der Waals surface area contributed by atoms with Crippen LogP contribution < -0.4 is 11.5 Å². The van der Waals surface area contributed by atoms with Gasteiger partial charge in [0.2, 0.25) is 0 Å². The zero-order valence-corrected chi connectivity index (χ0v) is 11.0. The van der Waals surface area contributed by atoms with Crippen LogP contribution >= 0.6 is 0 Å². The maximum atomic E-state index is 6.68. The predicted molar refractivity (Wildman–Crippen MR) is 69.3 cm³/mol. The van der Waals surface area contributed by atoms with Gasteiger partial charge in [-0.1, -0.05) is 6.92 Å². The molecule has 4 saturated carbocycles. The summed E-state index contributed by atoms with van der Waals surface area (Å²) >= 11 is 0. The van der Waals surface area contributed by atoms with Crippen LogP contribution in [0.1, 0.15) is 51.9 Å². The van der Waals surface area contributed by atoms with Gasteiger partial charge in [-0.15, -0.1) is 0 Å². The van der Waals surface area contributed by atoms with Gasteiger partial charge in [0.15, 0.2) is 0 Å². The van der Waals surface area contributed by atoms with Gasteiger partial charge in [0, 0.05) is 11.1 Å². The summed E-state index contributed by atoms with van der Waals surface area (Å²) in [6.45, 7) is 2.43. The quantitative estimate of drug-likeness (QED) is 0.675. The van der Waals surface area contributed by atoms with E-state index in [9.17, 15) is 0 Å². The molecular formula is C15H26N2. The molecule has 0 amide bonds. The van der Waals surface area contributed by atoms with E-state index in [-0.39, 0.29) is 11.1 Å². The minimum absolute atomic E-state index is 0.188. The van der Waals surface area contributed by atoms with E-state index in [1.54, 1.807) is 0 Å². The van der Waals surface area contributed by atoms with E-state index in [0.717, 1.165) is 29.6 Å². The highest BCUT2D eigenvalue weighted by Crippen LogP contribution is 2.62. The van der Waals surface area contributed by atoms with Gasteiger partial charge in [-0.25, -0.2) is 0 Å². The van der Waals surface area contributed by atoms with Crippen molar-refractivity contribution < 1.29 is 0 Å². The molecule has 17 heavy (non-hydrogen) atoms. The van der Waals surface area contributed by atoms with Crippen molar-refractivity contribution >= 4 is 0 Å². The molecule has 0 aromatic heterocycles. The lowest BCUT2D eigenvalue weighted by atomic mass is 9.44. The van der Waals surface area contributed by atoms with Gasteiger partial charge >= 0.3 is 0 Å². The molecule has 4 N–H and O–H groups in total. The van der Waals surface area contributed by atoms with Gasteiger partial charge in [-0.2, -0.15) is 0 Å².